The van der Waals surface area contributed by atoms with Crippen LogP contribution in [0.15, 0.2) is 34.3 Å². The van der Waals surface area contributed by atoms with Gasteiger partial charge in [-0.3, -0.25) is 0 Å². The second kappa shape index (κ2) is 7.22. The van der Waals surface area contributed by atoms with Crippen molar-refractivity contribution in [2.75, 3.05) is 20.3 Å². The van der Waals surface area contributed by atoms with Gasteiger partial charge in [-0.25, -0.2) is 4.68 Å². The predicted molar refractivity (Wildman–Crippen MR) is 72.9 cm³/mol. The Hall–Kier alpha value is -1.44. The quantitative estimate of drug-likeness (QED) is 0.766. The van der Waals surface area contributed by atoms with Crippen molar-refractivity contribution >= 4 is 11.8 Å². The van der Waals surface area contributed by atoms with Gasteiger partial charge in [0.25, 0.3) is 0 Å². The molecule has 6 nitrogen and oxygen atoms in total. The molecular weight excluding hydrogens is 262 g/mol. The van der Waals surface area contributed by atoms with Crippen molar-refractivity contribution in [1.29, 1.82) is 0 Å². The molecule has 0 bridgehead atoms. The van der Waals surface area contributed by atoms with Crippen LogP contribution in [0.3, 0.4) is 0 Å². The molecule has 0 fully saturated rings. The van der Waals surface area contributed by atoms with Crippen LogP contribution >= 0.6 is 11.8 Å². The number of rotatable bonds is 7. The van der Waals surface area contributed by atoms with E-state index in [1.165, 1.54) is 5.56 Å². The van der Waals surface area contributed by atoms with Gasteiger partial charge < -0.3 is 10.1 Å². The minimum absolute atomic E-state index is 0.711. The van der Waals surface area contributed by atoms with Gasteiger partial charge in [-0.05, 0) is 33.8 Å². The molecule has 0 saturated carbocycles. The Kier molecular flexibility index (Phi) is 5.31. The van der Waals surface area contributed by atoms with Gasteiger partial charge in [0.2, 0.25) is 5.16 Å². The number of methoxy groups -OCH3 is 1. The normalized spacial score (nSPS) is 10.8. The molecule has 1 N–H and O–H groups in total. The molecule has 0 spiro atoms. The third-order valence-corrected chi connectivity index (χ3v) is 3.70. The molecule has 0 atom stereocenters. The van der Waals surface area contributed by atoms with Gasteiger partial charge >= 0.3 is 0 Å². The Bertz CT molecular complexity index is 516. The number of nitrogens with one attached hydrogen (secondary N) is 1. The number of hydrogen-bond donors (Lipinski definition) is 1. The average Bonchev–Trinajstić information content (AvgIpc) is 2.82. The van der Waals surface area contributed by atoms with Gasteiger partial charge in [0.05, 0.1) is 6.61 Å². The molecule has 0 aliphatic heterocycles. The van der Waals surface area contributed by atoms with Crippen LogP contribution in [0.1, 0.15) is 5.56 Å². The first-order valence-electron chi connectivity index (χ1n) is 5.99. The van der Waals surface area contributed by atoms with E-state index in [-0.39, 0.29) is 0 Å². The van der Waals surface area contributed by atoms with Crippen LogP contribution in [0.25, 0.3) is 0 Å². The summed E-state index contributed by atoms with van der Waals surface area (Å²) in [4.78, 5) is 1.16. The summed E-state index contributed by atoms with van der Waals surface area (Å²) in [7, 11) is 3.54. The van der Waals surface area contributed by atoms with Gasteiger partial charge in [0.15, 0.2) is 0 Å². The molecule has 7 heteroatoms. The molecule has 0 unspecified atom stereocenters. The van der Waals surface area contributed by atoms with E-state index in [4.69, 9.17) is 4.74 Å². The monoisotopic (exact) mass is 279 g/mol. The maximum absolute atomic E-state index is 5.01. The van der Waals surface area contributed by atoms with Crippen molar-refractivity contribution in [2.45, 2.75) is 16.6 Å². The first-order valence-corrected chi connectivity index (χ1v) is 6.80. The number of ether oxygens (including phenoxy) is 1. The maximum atomic E-state index is 5.01. The predicted octanol–water partition coefficient (Wildman–Crippen LogP) is 1.10. The minimum Gasteiger partial charge on any atom is -0.383 e. The van der Waals surface area contributed by atoms with E-state index in [9.17, 15) is 0 Å². The lowest BCUT2D eigenvalue weighted by Crippen LogP contribution is -2.18. The molecule has 0 radical (unpaired) electrons. The van der Waals surface area contributed by atoms with Crippen molar-refractivity contribution in [1.82, 2.24) is 25.5 Å². The number of nitrogens with zero attached hydrogens (tertiary/aromatic N) is 4. The zero-order valence-corrected chi connectivity index (χ0v) is 11.9. The third-order valence-electron chi connectivity index (χ3n) is 2.55. The fourth-order valence-corrected chi connectivity index (χ4v) is 2.41. The Morgan fingerprint density at radius 1 is 1.37 bits per heavy atom. The highest BCUT2D eigenvalue weighted by Gasteiger charge is 2.08. The number of benzene rings is 1. The average molecular weight is 279 g/mol. The molecule has 0 aliphatic carbocycles. The van der Waals surface area contributed by atoms with Crippen LogP contribution in [-0.4, -0.2) is 40.5 Å². The van der Waals surface area contributed by atoms with E-state index >= 15 is 0 Å². The van der Waals surface area contributed by atoms with Crippen LogP contribution < -0.4 is 5.32 Å². The minimum atomic E-state index is 0.711. The molecule has 1 heterocycles. The van der Waals surface area contributed by atoms with E-state index in [2.05, 4.69) is 33.0 Å². The molecular formula is C12H17N5OS. The Labute approximate surface area is 116 Å². The zero-order valence-electron chi connectivity index (χ0n) is 11.0. The highest BCUT2D eigenvalue weighted by molar-refractivity contribution is 7.99. The van der Waals surface area contributed by atoms with E-state index in [1.807, 2.05) is 19.2 Å². The lowest BCUT2D eigenvalue weighted by molar-refractivity contribution is 0.199. The summed E-state index contributed by atoms with van der Waals surface area (Å²) < 4.78 is 6.68. The third kappa shape index (κ3) is 4.02. The van der Waals surface area contributed by atoms with Gasteiger partial charge in [-0.1, -0.05) is 18.2 Å². The SMILES string of the molecule is COCCNCc1ccccc1Sc1nnnn1C. The van der Waals surface area contributed by atoms with E-state index in [1.54, 1.807) is 23.6 Å². The fourth-order valence-electron chi connectivity index (χ4n) is 1.55. The summed E-state index contributed by atoms with van der Waals surface area (Å²) in [5, 5.41) is 15.6. The number of aryl methyl sites for hydroxylation is 1. The van der Waals surface area contributed by atoms with Crippen LogP contribution in [0.5, 0.6) is 0 Å². The highest BCUT2D eigenvalue weighted by Crippen LogP contribution is 2.27. The van der Waals surface area contributed by atoms with E-state index in [0.717, 1.165) is 23.1 Å². The molecule has 1 aromatic carbocycles. The maximum Gasteiger partial charge on any atom is 0.213 e. The van der Waals surface area contributed by atoms with Gasteiger partial charge in [0, 0.05) is 32.1 Å². The summed E-state index contributed by atoms with van der Waals surface area (Å²) in [5.41, 5.74) is 1.23. The summed E-state index contributed by atoms with van der Waals surface area (Å²) >= 11 is 1.57. The first-order chi connectivity index (χ1) is 9.31. The van der Waals surface area contributed by atoms with Crippen LogP contribution in [0.2, 0.25) is 0 Å². The Morgan fingerprint density at radius 2 is 2.21 bits per heavy atom. The van der Waals surface area contributed by atoms with Crippen LogP contribution in [-0.2, 0) is 18.3 Å². The Morgan fingerprint density at radius 3 is 2.95 bits per heavy atom. The molecule has 2 rings (SSSR count). The number of tetrazole rings is 1. The topological polar surface area (TPSA) is 64.9 Å². The second-order valence-electron chi connectivity index (χ2n) is 3.96. The van der Waals surface area contributed by atoms with Gasteiger partial charge in [0.1, 0.15) is 0 Å². The largest absolute Gasteiger partial charge is 0.383 e. The summed E-state index contributed by atoms with van der Waals surface area (Å²) in [5.74, 6) is 0. The van der Waals surface area contributed by atoms with E-state index in [0.29, 0.717) is 6.61 Å². The van der Waals surface area contributed by atoms with Crippen molar-refractivity contribution in [2.24, 2.45) is 7.05 Å². The molecule has 0 aliphatic rings. The molecule has 102 valence electrons. The van der Waals surface area contributed by atoms with Crippen molar-refractivity contribution in [3.05, 3.63) is 29.8 Å². The second-order valence-corrected chi connectivity index (χ2v) is 4.97. The van der Waals surface area contributed by atoms with Crippen LogP contribution in [0, 0.1) is 0 Å². The summed E-state index contributed by atoms with van der Waals surface area (Å²) in [6, 6.07) is 8.23. The van der Waals surface area contributed by atoms with Crippen molar-refractivity contribution in [3.63, 3.8) is 0 Å². The lowest BCUT2D eigenvalue weighted by atomic mass is 10.2. The van der Waals surface area contributed by atoms with E-state index < -0.39 is 0 Å². The number of hydrogen-bond acceptors (Lipinski definition) is 6. The fraction of sp³-hybridized carbons (Fsp3) is 0.417. The lowest BCUT2D eigenvalue weighted by Gasteiger charge is -2.09. The molecule has 19 heavy (non-hydrogen) atoms. The highest BCUT2D eigenvalue weighted by atomic mass is 32.2. The molecule has 2 aromatic rings. The smallest absolute Gasteiger partial charge is 0.213 e. The Balaban J connectivity index is 2.02. The van der Waals surface area contributed by atoms with Gasteiger partial charge in [-0.15, -0.1) is 5.10 Å². The molecule has 1 aromatic heterocycles. The molecule has 0 saturated heterocycles. The molecule has 0 amide bonds. The zero-order chi connectivity index (χ0) is 13.5. The number of aromatic nitrogens is 4. The summed E-state index contributed by atoms with van der Waals surface area (Å²) in [6.07, 6.45) is 0. The summed E-state index contributed by atoms with van der Waals surface area (Å²) in [6.45, 7) is 2.35. The van der Waals surface area contributed by atoms with Crippen molar-refractivity contribution in [3.8, 4) is 0 Å². The standard InChI is InChI=1S/C12H17N5OS/c1-17-12(14-15-16-17)19-11-6-4-3-5-10(11)9-13-7-8-18-2/h3-6,13H,7-9H2,1-2H3. The van der Waals surface area contributed by atoms with Crippen molar-refractivity contribution < 1.29 is 4.74 Å². The first kappa shape index (κ1) is 14.0. The van der Waals surface area contributed by atoms with Crippen LogP contribution in [0.4, 0.5) is 0 Å². The van der Waals surface area contributed by atoms with Gasteiger partial charge in [-0.2, -0.15) is 0 Å².